The minimum atomic E-state index is -3.22. The Hall–Kier alpha value is -2.64. The summed E-state index contributed by atoms with van der Waals surface area (Å²) in [5, 5.41) is 2.84. The SMILES string of the molecule is CN(C)C1CCN(c2ccc(NC(=O)/C=C/c3ccc(S(C)(=O)=O)cc3)cc2)C1. The van der Waals surface area contributed by atoms with E-state index in [0.29, 0.717) is 6.04 Å². The van der Waals surface area contributed by atoms with E-state index in [1.165, 1.54) is 24.5 Å². The highest BCUT2D eigenvalue weighted by atomic mass is 32.2. The summed E-state index contributed by atoms with van der Waals surface area (Å²) >= 11 is 0. The molecule has 0 aliphatic carbocycles. The van der Waals surface area contributed by atoms with Crippen molar-refractivity contribution in [1.82, 2.24) is 4.90 Å². The molecule has 1 aliphatic heterocycles. The van der Waals surface area contributed by atoms with Crippen LogP contribution in [0.2, 0.25) is 0 Å². The predicted octanol–water partition coefficient (Wildman–Crippen LogP) is 2.88. The summed E-state index contributed by atoms with van der Waals surface area (Å²) in [5.41, 5.74) is 2.65. The van der Waals surface area contributed by atoms with E-state index >= 15 is 0 Å². The first-order valence-electron chi connectivity index (χ1n) is 9.53. The molecule has 1 N–H and O–H groups in total. The van der Waals surface area contributed by atoms with Crippen molar-refractivity contribution in [1.29, 1.82) is 0 Å². The van der Waals surface area contributed by atoms with Crippen molar-refractivity contribution in [2.24, 2.45) is 0 Å². The second-order valence-corrected chi connectivity index (χ2v) is 9.58. The summed E-state index contributed by atoms with van der Waals surface area (Å²) in [6.07, 6.45) is 5.41. The molecule has 1 saturated heterocycles. The van der Waals surface area contributed by atoms with Crippen molar-refractivity contribution < 1.29 is 13.2 Å². The van der Waals surface area contributed by atoms with Crippen molar-refractivity contribution in [3.63, 3.8) is 0 Å². The predicted molar refractivity (Wildman–Crippen MR) is 118 cm³/mol. The Kier molecular flexibility index (Phi) is 6.39. The van der Waals surface area contributed by atoms with Crippen LogP contribution in [0.4, 0.5) is 11.4 Å². The molecule has 1 aliphatic rings. The minimum absolute atomic E-state index is 0.237. The van der Waals surface area contributed by atoms with E-state index < -0.39 is 9.84 Å². The molecule has 6 nitrogen and oxygen atoms in total. The van der Waals surface area contributed by atoms with E-state index in [4.69, 9.17) is 0 Å². The number of hydrogen-bond acceptors (Lipinski definition) is 5. The first kappa shape index (κ1) is 21.1. The van der Waals surface area contributed by atoms with Crippen LogP contribution in [0.25, 0.3) is 6.08 Å². The van der Waals surface area contributed by atoms with Crippen LogP contribution in [0.3, 0.4) is 0 Å². The third-order valence-electron chi connectivity index (χ3n) is 5.13. The maximum Gasteiger partial charge on any atom is 0.248 e. The minimum Gasteiger partial charge on any atom is -0.370 e. The lowest BCUT2D eigenvalue weighted by atomic mass is 10.2. The number of nitrogens with zero attached hydrogens (tertiary/aromatic N) is 2. The summed E-state index contributed by atoms with van der Waals surface area (Å²) in [6, 6.07) is 14.9. The first-order chi connectivity index (χ1) is 13.7. The van der Waals surface area contributed by atoms with Crippen LogP contribution in [0.5, 0.6) is 0 Å². The van der Waals surface area contributed by atoms with Gasteiger partial charge in [0.25, 0.3) is 0 Å². The van der Waals surface area contributed by atoms with Crippen LogP contribution >= 0.6 is 0 Å². The summed E-state index contributed by atoms with van der Waals surface area (Å²) < 4.78 is 23.0. The van der Waals surface area contributed by atoms with Crippen molar-refractivity contribution >= 4 is 33.2 Å². The standard InChI is InChI=1S/C22H27N3O3S/c1-24(2)20-14-15-25(16-20)19-9-7-18(8-10-19)23-22(26)13-6-17-4-11-21(12-5-17)29(3,27)28/h4-13,20H,14-16H2,1-3H3,(H,23,26)/b13-6+. The van der Waals surface area contributed by atoms with Gasteiger partial charge in [0.2, 0.25) is 5.91 Å². The molecule has 1 unspecified atom stereocenters. The Bertz CT molecular complexity index is 981. The van der Waals surface area contributed by atoms with Gasteiger partial charge in [-0.3, -0.25) is 4.79 Å². The summed E-state index contributed by atoms with van der Waals surface area (Å²) in [7, 11) is 1.00. The third kappa shape index (κ3) is 5.68. The molecule has 2 aromatic carbocycles. The summed E-state index contributed by atoms with van der Waals surface area (Å²) in [5.74, 6) is -0.237. The molecule has 1 heterocycles. The molecule has 0 saturated carbocycles. The number of hydrogen-bond donors (Lipinski definition) is 1. The number of amides is 1. The van der Waals surface area contributed by atoms with Crippen LogP contribution in [0.15, 0.2) is 59.5 Å². The molecule has 1 atom stereocenters. The topological polar surface area (TPSA) is 69.7 Å². The molecule has 1 amide bonds. The van der Waals surface area contributed by atoms with Crippen LogP contribution in [0.1, 0.15) is 12.0 Å². The number of rotatable bonds is 6. The van der Waals surface area contributed by atoms with Crippen LogP contribution in [-0.2, 0) is 14.6 Å². The molecule has 7 heteroatoms. The van der Waals surface area contributed by atoms with E-state index in [0.717, 1.165) is 36.4 Å². The van der Waals surface area contributed by atoms with Gasteiger partial charge in [-0.15, -0.1) is 0 Å². The second kappa shape index (κ2) is 8.80. The second-order valence-electron chi connectivity index (χ2n) is 7.56. The molecular formula is C22H27N3O3S. The zero-order valence-electron chi connectivity index (χ0n) is 17.0. The molecular weight excluding hydrogens is 386 g/mol. The van der Waals surface area contributed by atoms with Gasteiger partial charge in [0.1, 0.15) is 0 Å². The van der Waals surface area contributed by atoms with Gasteiger partial charge in [0.05, 0.1) is 4.90 Å². The molecule has 154 valence electrons. The van der Waals surface area contributed by atoms with Crippen molar-refractivity contribution in [3.8, 4) is 0 Å². The maximum absolute atomic E-state index is 12.2. The molecule has 0 spiro atoms. The fourth-order valence-corrected chi connectivity index (χ4v) is 3.97. The number of sulfone groups is 1. The van der Waals surface area contributed by atoms with E-state index in [9.17, 15) is 13.2 Å². The molecule has 2 aromatic rings. The average molecular weight is 414 g/mol. The molecule has 1 fully saturated rings. The number of anilines is 2. The monoisotopic (exact) mass is 413 g/mol. The highest BCUT2D eigenvalue weighted by Crippen LogP contribution is 2.23. The van der Waals surface area contributed by atoms with E-state index in [1.807, 2.05) is 24.3 Å². The Morgan fingerprint density at radius 3 is 2.31 bits per heavy atom. The van der Waals surface area contributed by atoms with Gasteiger partial charge in [-0.2, -0.15) is 0 Å². The lowest BCUT2D eigenvalue weighted by Gasteiger charge is -2.22. The fraction of sp³-hybridized carbons (Fsp3) is 0.318. The summed E-state index contributed by atoms with van der Waals surface area (Å²) in [4.78, 5) is 17.0. The Labute approximate surface area is 172 Å². The Morgan fingerprint density at radius 2 is 1.76 bits per heavy atom. The van der Waals surface area contributed by atoms with Crippen molar-refractivity contribution in [3.05, 3.63) is 60.2 Å². The number of carbonyl (C=O) groups is 1. The van der Waals surface area contributed by atoms with Crippen LogP contribution in [0, 0.1) is 0 Å². The van der Waals surface area contributed by atoms with E-state index in [2.05, 4.69) is 29.2 Å². The summed E-state index contributed by atoms with van der Waals surface area (Å²) in [6.45, 7) is 2.05. The van der Waals surface area contributed by atoms with Gasteiger partial charge in [0.15, 0.2) is 9.84 Å². The number of nitrogens with one attached hydrogen (secondary N) is 1. The molecule has 0 bridgehead atoms. The Morgan fingerprint density at radius 1 is 1.10 bits per heavy atom. The van der Waals surface area contributed by atoms with Gasteiger partial charge in [-0.25, -0.2) is 8.42 Å². The number of likely N-dealkylation sites (N-methyl/N-ethyl adjacent to an activating group) is 1. The zero-order valence-corrected chi connectivity index (χ0v) is 17.8. The molecule has 0 aromatic heterocycles. The fourth-order valence-electron chi connectivity index (χ4n) is 3.34. The molecule has 29 heavy (non-hydrogen) atoms. The highest BCUT2D eigenvalue weighted by Gasteiger charge is 2.23. The third-order valence-corrected chi connectivity index (χ3v) is 6.26. The smallest absolute Gasteiger partial charge is 0.248 e. The van der Waals surface area contributed by atoms with Crippen LogP contribution in [-0.4, -0.2) is 58.7 Å². The first-order valence-corrected chi connectivity index (χ1v) is 11.4. The van der Waals surface area contributed by atoms with Crippen molar-refractivity contribution in [2.45, 2.75) is 17.4 Å². The zero-order chi connectivity index (χ0) is 21.0. The van der Waals surface area contributed by atoms with Gasteiger partial charge in [0, 0.05) is 42.8 Å². The van der Waals surface area contributed by atoms with E-state index in [-0.39, 0.29) is 10.8 Å². The highest BCUT2D eigenvalue weighted by molar-refractivity contribution is 7.90. The molecule has 3 rings (SSSR count). The van der Waals surface area contributed by atoms with Gasteiger partial charge < -0.3 is 15.1 Å². The maximum atomic E-state index is 12.2. The lowest BCUT2D eigenvalue weighted by Crippen LogP contribution is -2.31. The lowest BCUT2D eigenvalue weighted by molar-refractivity contribution is -0.111. The van der Waals surface area contributed by atoms with Gasteiger partial charge in [-0.1, -0.05) is 12.1 Å². The van der Waals surface area contributed by atoms with Gasteiger partial charge >= 0.3 is 0 Å². The molecule has 0 radical (unpaired) electrons. The normalized spacial score (nSPS) is 17.2. The van der Waals surface area contributed by atoms with E-state index in [1.54, 1.807) is 18.2 Å². The van der Waals surface area contributed by atoms with Crippen LogP contribution < -0.4 is 10.2 Å². The Balaban J connectivity index is 1.56. The number of benzene rings is 2. The average Bonchev–Trinajstić information content (AvgIpc) is 3.17. The largest absolute Gasteiger partial charge is 0.370 e. The quantitative estimate of drug-likeness (QED) is 0.738. The van der Waals surface area contributed by atoms with Crippen molar-refractivity contribution in [2.75, 3.05) is 43.7 Å². The van der Waals surface area contributed by atoms with Gasteiger partial charge in [-0.05, 0) is 68.6 Å². The number of carbonyl (C=O) groups excluding carboxylic acids is 1.